The lowest BCUT2D eigenvalue weighted by molar-refractivity contribution is 0.102. The number of aromatic nitrogens is 1. The molecule has 6 heteroatoms. The Balaban J connectivity index is 1.98. The Hall–Kier alpha value is -2.07. The highest BCUT2D eigenvalue weighted by atomic mass is 35.5. The first-order valence-electron chi connectivity index (χ1n) is 7.02. The van der Waals surface area contributed by atoms with E-state index in [1.807, 2.05) is 24.3 Å². The Morgan fingerprint density at radius 3 is 2.46 bits per heavy atom. The number of rotatable bonds is 3. The van der Waals surface area contributed by atoms with Crippen molar-refractivity contribution in [1.82, 2.24) is 4.98 Å². The lowest BCUT2D eigenvalue weighted by atomic mass is 10.0. The third-order valence-corrected chi connectivity index (χ3v) is 4.25. The highest BCUT2D eigenvalue weighted by Gasteiger charge is 2.14. The Labute approximate surface area is 154 Å². The molecule has 1 N–H and O–H groups in total. The van der Waals surface area contributed by atoms with Crippen LogP contribution in [0.15, 0.2) is 60.8 Å². The van der Waals surface area contributed by atoms with E-state index in [1.165, 1.54) is 6.20 Å². The molecule has 0 radical (unpaired) electrons. The number of nitrogens with one attached hydrogen (secondary N) is 1. The molecule has 0 saturated carbocycles. The van der Waals surface area contributed by atoms with Crippen molar-refractivity contribution in [2.24, 2.45) is 0 Å². The van der Waals surface area contributed by atoms with Crippen molar-refractivity contribution in [3.8, 4) is 11.1 Å². The lowest BCUT2D eigenvalue weighted by Crippen LogP contribution is -2.13. The van der Waals surface area contributed by atoms with Crippen LogP contribution in [-0.4, -0.2) is 10.9 Å². The number of amides is 1. The summed E-state index contributed by atoms with van der Waals surface area (Å²) >= 11 is 18.2. The number of para-hydroxylation sites is 1. The quantitative estimate of drug-likeness (QED) is 0.572. The fraction of sp³-hybridized carbons (Fsp3) is 0. The van der Waals surface area contributed by atoms with Gasteiger partial charge < -0.3 is 5.32 Å². The molecule has 120 valence electrons. The molecule has 0 atom stereocenters. The molecule has 1 heterocycles. The molecule has 1 aromatic heterocycles. The highest BCUT2D eigenvalue weighted by Crippen LogP contribution is 2.35. The minimum Gasteiger partial charge on any atom is -0.321 e. The van der Waals surface area contributed by atoms with Gasteiger partial charge in [-0.15, -0.1) is 0 Å². The van der Waals surface area contributed by atoms with Crippen LogP contribution in [0.25, 0.3) is 11.1 Å². The van der Waals surface area contributed by atoms with Crippen molar-refractivity contribution in [3.05, 3.63) is 81.6 Å². The molecule has 0 fully saturated rings. The molecular formula is C18H11Cl3N2O. The zero-order valence-electron chi connectivity index (χ0n) is 12.3. The van der Waals surface area contributed by atoms with E-state index in [0.717, 1.165) is 11.1 Å². The van der Waals surface area contributed by atoms with Crippen LogP contribution in [0.5, 0.6) is 0 Å². The summed E-state index contributed by atoms with van der Waals surface area (Å²) < 4.78 is 0. The Bertz CT molecular complexity index is 912. The lowest BCUT2D eigenvalue weighted by Gasteiger charge is -2.13. The molecule has 0 bridgehead atoms. The van der Waals surface area contributed by atoms with Gasteiger partial charge in [0.05, 0.1) is 5.56 Å². The summed E-state index contributed by atoms with van der Waals surface area (Å²) in [5, 5.41) is 4.05. The highest BCUT2D eigenvalue weighted by molar-refractivity contribution is 6.36. The maximum absolute atomic E-state index is 12.5. The van der Waals surface area contributed by atoms with Crippen LogP contribution in [0, 0.1) is 0 Å². The van der Waals surface area contributed by atoms with Gasteiger partial charge in [-0.3, -0.25) is 4.79 Å². The van der Waals surface area contributed by atoms with Crippen molar-refractivity contribution < 1.29 is 4.79 Å². The van der Waals surface area contributed by atoms with Crippen molar-refractivity contribution in [2.75, 3.05) is 5.32 Å². The zero-order chi connectivity index (χ0) is 17.1. The van der Waals surface area contributed by atoms with Gasteiger partial charge in [0.2, 0.25) is 0 Å². The van der Waals surface area contributed by atoms with E-state index in [0.29, 0.717) is 21.3 Å². The second-order valence-corrected chi connectivity index (χ2v) is 6.17. The third-order valence-electron chi connectivity index (χ3n) is 3.40. The van der Waals surface area contributed by atoms with Crippen LogP contribution < -0.4 is 5.32 Å². The standard InChI is InChI=1S/C18H11Cl3N2O/c19-11-7-8-12(15(20)10-11)13-4-1-2-6-16(13)23-18(24)14-5-3-9-22-17(14)21/h1-10H,(H,23,24). The van der Waals surface area contributed by atoms with Gasteiger partial charge in [-0.1, -0.05) is 59.1 Å². The summed E-state index contributed by atoms with van der Waals surface area (Å²) in [4.78, 5) is 16.4. The van der Waals surface area contributed by atoms with Gasteiger partial charge in [0.1, 0.15) is 5.15 Å². The summed E-state index contributed by atoms with van der Waals surface area (Å²) in [6, 6.07) is 15.9. The number of halogens is 3. The minimum atomic E-state index is -0.342. The number of benzene rings is 2. The maximum Gasteiger partial charge on any atom is 0.258 e. The Morgan fingerprint density at radius 2 is 1.71 bits per heavy atom. The molecule has 0 aliphatic carbocycles. The average molecular weight is 378 g/mol. The minimum absolute atomic E-state index is 0.150. The van der Waals surface area contributed by atoms with Crippen LogP contribution in [0.3, 0.4) is 0 Å². The topological polar surface area (TPSA) is 42.0 Å². The number of carbonyl (C=O) groups excluding carboxylic acids is 1. The van der Waals surface area contributed by atoms with E-state index >= 15 is 0 Å². The molecule has 0 aliphatic heterocycles. The normalized spacial score (nSPS) is 10.5. The molecule has 0 spiro atoms. The van der Waals surface area contributed by atoms with E-state index in [2.05, 4.69) is 10.3 Å². The molecule has 0 aliphatic rings. The van der Waals surface area contributed by atoms with Gasteiger partial charge in [-0.05, 0) is 30.3 Å². The van der Waals surface area contributed by atoms with Crippen LogP contribution >= 0.6 is 34.8 Å². The maximum atomic E-state index is 12.5. The first-order chi connectivity index (χ1) is 11.6. The molecule has 1 amide bonds. The van der Waals surface area contributed by atoms with Gasteiger partial charge in [-0.2, -0.15) is 0 Å². The first-order valence-corrected chi connectivity index (χ1v) is 8.16. The predicted octanol–water partition coefficient (Wildman–Crippen LogP) is 5.96. The SMILES string of the molecule is O=C(Nc1ccccc1-c1ccc(Cl)cc1Cl)c1cccnc1Cl. The van der Waals surface area contributed by atoms with Crippen LogP contribution in [0.2, 0.25) is 15.2 Å². The molecule has 2 aromatic carbocycles. The summed E-state index contributed by atoms with van der Waals surface area (Å²) in [6.45, 7) is 0. The van der Waals surface area contributed by atoms with Crippen molar-refractivity contribution in [2.45, 2.75) is 0 Å². The monoisotopic (exact) mass is 376 g/mol. The van der Waals surface area contributed by atoms with E-state index in [4.69, 9.17) is 34.8 Å². The fourth-order valence-corrected chi connectivity index (χ4v) is 3.00. The van der Waals surface area contributed by atoms with Crippen LogP contribution in [0.4, 0.5) is 5.69 Å². The van der Waals surface area contributed by atoms with E-state index < -0.39 is 0 Å². The molecule has 24 heavy (non-hydrogen) atoms. The largest absolute Gasteiger partial charge is 0.321 e. The predicted molar refractivity (Wildman–Crippen MR) is 99.1 cm³/mol. The summed E-state index contributed by atoms with van der Waals surface area (Å²) in [5.74, 6) is -0.342. The van der Waals surface area contributed by atoms with Gasteiger partial charge in [0.15, 0.2) is 0 Å². The van der Waals surface area contributed by atoms with E-state index in [9.17, 15) is 4.79 Å². The van der Waals surface area contributed by atoms with Gasteiger partial charge in [-0.25, -0.2) is 4.98 Å². The molecule has 0 unspecified atom stereocenters. The Kier molecular flexibility index (Phi) is 5.05. The van der Waals surface area contributed by atoms with Gasteiger partial charge in [0.25, 0.3) is 5.91 Å². The number of carbonyl (C=O) groups is 1. The number of pyridine rings is 1. The second-order valence-electron chi connectivity index (χ2n) is 4.97. The summed E-state index contributed by atoms with van der Waals surface area (Å²) in [7, 11) is 0. The van der Waals surface area contributed by atoms with Gasteiger partial charge >= 0.3 is 0 Å². The van der Waals surface area contributed by atoms with Crippen molar-refractivity contribution in [1.29, 1.82) is 0 Å². The number of hydrogen-bond donors (Lipinski definition) is 1. The molecule has 3 aromatic rings. The Morgan fingerprint density at radius 1 is 0.917 bits per heavy atom. The van der Waals surface area contributed by atoms with Crippen LogP contribution in [0.1, 0.15) is 10.4 Å². The third kappa shape index (κ3) is 3.54. The zero-order valence-corrected chi connectivity index (χ0v) is 14.5. The molecule has 3 nitrogen and oxygen atoms in total. The summed E-state index contributed by atoms with van der Waals surface area (Å²) in [5.41, 5.74) is 2.48. The molecule has 0 saturated heterocycles. The molecular weight excluding hydrogens is 367 g/mol. The van der Waals surface area contributed by atoms with E-state index in [-0.39, 0.29) is 11.1 Å². The smallest absolute Gasteiger partial charge is 0.258 e. The van der Waals surface area contributed by atoms with Crippen molar-refractivity contribution >= 4 is 46.4 Å². The molecule has 3 rings (SSSR count). The first kappa shape index (κ1) is 16.8. The van der Waals surface area contributed by atoms with Crippen LogP contribution in [-0.2, 0) is 0 Å². The van der Waals surface area contributed by atoms with E-state index in [1.54, 1.807) is 30.3 Å². The fourth-order valence-electron chi connectivity index (χ4n) is 2.28. The summed E-state index contributed by atoms with van der Waals surface area (Å²) in [6.07, 6.45) is 1.53. The number of hydrogen-bond acceptors (Lipinski definition) is 2. The number of nitrogens with zero attached hydrogens (tertiary/aromatic N) is 1. The number of anilines is 1. The van der Waals surface area contributed by atoms with Gasteiger partial charge in [0, 0.05) is 33.1 Å². The average Bonchev–Trinajstić information content (AvgIpc) is 2.56. The van der Waals surface area contributed by atoms with Crippen molar-refractivity contribution in [3.63, 3.8) is 0 Å². The second kappa shape index (κ2) is 7.22.